The summed E-state index contributed by atoms with van der Waals surface area (Å²) in [7, 11) is 0. The fraction of sp³-hybridized carbons (Fsp3) is 0.877. The van der Waals surface area contributed by atoms with Crippen molar-refractivity contribution in [3.63, 3.8) is 0 Å². The van der Waals surface area contributed by atoms with E-state index in [1.807, 2.05) is 0 Å². The molecule has 1 N–H and O–H groups in total. The second-order valence-corrected chi connectivity index (χ2v) is 19.2. The summed E-state index contributed by atoms with van der Waals surface area (Å²) in [4.78, 5) is 13.7. The largest absolute Gasteiger partial charge is 0.478 e. The van der Waals surface area contributed by atoms with Crippen molar-refractivity contribution < 1.29 is 9.90 Å². The van der Waals surface area contributed by atoms with E-state index in [9.17, 15) is 9.90 Å². The van der Waals surface area contributed by atoms with Gasteiger partial charge in [0.15, 0.2) is 0 Å². The van der Waals surface area contributed by atoms with Gasteiger partial charge >= 0.3 is 5.97 Å². The van der Waals surface area contributed by atoms with Gasteiger partial charge in [0.1, 0.15) is 0 Å². The predicted octanol–water partition coefficient (Wildman–Crippen LogP) is 19.8. The fourth-order valence-electron chi connectivity index (χ4n) is 9.92. The van der Waals surface area contributed by atoms with Gasteiger partial charge in [-0.3, -0.25) is 0 Å². The zero-order valence-electron chi connectivity index (χ0n) is 41.2. The Morgan fingerprint density at radius 2 is 0.407 bits per heavy atom. The molecule has 0 spiro atoms. The molecular formula is C57H106O2. The molecule has 0 fully saturated rings. The molecule has 59 heavy (non-hydrogen) atoms. The van der Waals surface area contributed by atoms with Crippen molar-refractivity contribution in [1.82, 2.24) is 0 Å². The van der Waals surface area contributed by atoms with Gasteiger partial charge in [0.2, 0.25) is 0 Å². The quantitative estimate of drug-likeness (QED) is 0.0665. The summed E-state index contributed by atoms with van der Waals surface area (Å²) in [5.74, 6) is -0.623. The number of rotatable bonds is 46. The summed E-state index contributed by atoms with van der Waals surface area (Å²) in [6.45, 7) is 11.5. The molecule has 346 valence electrons. The van der Waals surface area contributed by atoms with Crippen LogP contribution in [0.1, 0.15) is 330 Å². The first-order valence-electron chi connectivity index (χ1n) is 27.5. The minimum Gasteiger partial charge on any atom is -0.478 e. The molecule has 0 saturated carbocycles. The van der Waals surface area contributed by atoms with Crippen LogP contribution in [0.3, 0.4) is 0 Å². The maximum absolute atomic E-state index is 13.7. The SMILES string of the molecule is CCCCCCCCCCc1c(CCCCCCCCCC)c(CCCCCCCCCC)c(C(=O)O)c(CCCCCCCCCC)c1CCCCCCCCCC. The normalized spacial score (nSPS) is 11.6. The van der Waals surface area contributed by atoms with Crippen molar-refractivity contribution in [2.45, 2.75) is 324 Å². The standard InChI is InChI=1S/C57H106O2/c1-6-11-16-21-26-31-36-41-46-51-52(47-42-37-32-27-22-17-12-7-2)54(49-44-39-34-29-24-19-14-9-4)56(57(58)59)55(50-45-40-35-30-25-20-15-10-5)53(51)48-43-38-33-28-23-18-13-8-3/h6-50H2,1-5H3,(H,58,59). The molecule has 2 nitrogen and oxygen atoms in total. The highest BCUT2D eigenvalue weighted by Gasteiger charge is 2.26. The topological polar surface area (TPSA) is 37.3 Å². The molecule has 0 bridgehead atoms. The zero-order chi connectivity index (χ0) is 42.9. The molecule has 0 aliphatic carbocycles. The smallest absolute Gasteiger partial charge is 0.336 e. The second-order valence-electron chi connectivity index (χ2n) is 19.2. The van der Waals surface area contributed by atoms with Gasteiger partial charge in [-0.05, 0) is 92.0 Å². The predicted molar refractivity (Wildman–Crippen MR) is 265 cm³/mol. The lowest BCUT2D eigenvalue weighted by Crippen LogP contribution is -2.18. The molecule has 1 aromatic rings. The number of aromatic carboxylic acids is 1. The van der Waals surface area contributed by atoms with Crippen molar-refractivity contribution in [2.75, 3.05) is 0 Å². The lowest BCUT2D eigenvalue weighted by Gasteiger charge is -2.26. The maximum atomic E-state index is 13.7. The number of carboxylic acid groups (broad SMARTS) is 1. The van der Waals surface area contributed by atoms with E-state index < -0.39 is 5.97 Å². The molecule has 0 atom stereocenters. The summed E-state index contributed by atoms with van der Waals surface area (Å²) >= 11 is 0. The Morgan fingerprint density at radius 1 is 0.254 bits per heavy atom. The van der Waals surface area contributed by atoms with Crippen molar-refractivity contribution in [3.8, 4) is 0 Å². The summed E-state index contributed by atoms with van der Waals surface area (Å²) < 4.78 is 0. The summed E-state index contributed by atoms with van der Waals surface area (Å²) in [6.07, 6.45) is 58.2. The molecule has 0 saturated heterocycles. The minimum atomic E-state index is -0.623. The first kappa shape index (κ1) is 55.7. The highest BCUT2D eigenvalue weighted by molar-refractivity contribution is 5.92. The van der Waals surface area contributed by atoms with E-state index in [1.54, 1.807) is 5.56 Å². The van der Waals surface area contributed by atoms with Crippen LogP contribution in [0.4, 0.5) is 0 Å². The first-order valence-corrected chi connectivity index (χ1v) is 27.5. The number of hydrogen-bond acceptors (Lipinski definition) is 1. The fourth-order valence-corrected chi connectivity index (χ4v) is 9.92. The molecule has 0 aliphatic rings. The highest BCUT2D eigenvalue weighted by atomic mass is 16.4. The molecular weight excluding hydrogens is 717 g/mol. The van der Waals surface area contributed by atoms with Crippen LogP contribution >= 0.6 is 0 Å². The third-order valence-electron chi connectivity index (χ3n) is 13.7. The Kier molecular flexibility index (Phi) is 39.7. The van der Waals surface area contributed by atoms with E-state index in [-0.39, 0.29) is 0 Å². The monoisotopic (exact) mass is 823 g/mol. The van der Waals surface area contributed by atoms with Crippen LogP contribution in [-0.2, 0) is 32.1 Å². The summed E-state index contributed by atoms with van der Waals surface area (Å²) in [6, 6.07) is 0. The van der Waals surface area contributed by atoms with Crippen molar-refractivity contribution in [3.05, 3.63) is 33.4 Å². The highest BCUT2D eigenvalue weighted by Crippen LogP contribution is 2.36. The summed E-state index contributed by atoms with van der Waals surface area (Å²) in [5.41, 5.74) is 8.04. The van der Waals surface area contributed by atoms with Crippen LogP contribution in [0.5, 0.6) is 0 Å². The molecule has 0 radical (unpaired) electrons. The molecule has 0 aliphatic heterocycles. The Morgan fingerprint density at radius 3 is 0.593 bits per heavy atom. The van der Waals surface area contributed by atoms with E-state index in [0.29, 0.717) is 0 Å². The van der Waals surface area contributed by atoms with Crippen LogP contribution in [0.25, 0.3) is 0 Å². The number of carboxylic acids is 1. The second kappa shape index (κ2) is 42.0. The Bertz CT molecular complexity index is 1010. The van der Waals surface area contributed by atoms with Gasteiger partial charge in [-0.25, -0.2) is 4.79 Å². The third kappa shape index (κ3) is 28.8. The van der Waals surface area contributed by atoms with Gasteiger partial charge < -0.3 is 5.11 Å². The molecule has 1 aromatic carbocycles. The van der Waals surface area contributed by atoms with Crippen LogP contribution in [-0.4, -0.2) is 11.1 Å². The van der Waals surface area contributed by atoms with Gasteiger partial charge in [-0.2, -0.15) is 0 Å². The third-order valence-corrected chi connectivity index (χ3v) is 13.7. The molecule has 1 rings (SSSR count). The first-order chi connectivity index (χ1) is 29.1. The number of benzene rings is 1. The van der Waals surface area contributed by atoms with Gasteiger partial charge in [-0.1, -0.05) is 259 Å². The lowest BCUT2D eigenvalue weighted by molar-refractivity contribution is 0.0694. The van der Waals surface area contributed by atoms with Crippen molar-refractivity contribution in [2.24, 2.45) is 0 Å². The molecule has 0 heterocycles. The molecule has 0 amide bonds. The van der Waals surface area contributed by atoms with Gasteiger partial charge in [0.05, 0.1) is 5.56 Å². The van der Waals surface area contributed by atoms with E-state index in [2.05, 4.69) is 34.6 Å². The molecule has 2 heteroatoms. The summed E-state index contributed by atoms with van der Waals surface area (Å²) in [5, 5.41) is 11.3. The Balaban J connectivity index is 3.55. The van der Waals surface area contributed by atoms with Crippen LogP contribution in [0, 0.1) is 0 Å². The van der Waals surface area contributed by atoms with Gasteiger partial charge in [-0.15, -0.1) is 0 Å². The molecule has 0 unspecified atom stereocenters. The van der Waals surface area contributed by atoms with Crippen LogP contribution in [0.2, 0.25) is 0 Å². The van der Waals surface area contributed by atoms with Gasteiger partial charge in [0, 0.05) is 0 Å². The van der Waals surface area contributed by atoms with Crippen molar-refractivity contribution in [1.29, 1.82) is 0 Å². The van der Waals surface area contributed by atoms with Gasteiger partial charge in [0.25, 0.3) is 0 Å². The van der Waals surface area contributed by atoms with E-state index in [1.165, 1.54) is 273 Å². The van der Waals surface area contributed by atoms with Crippen LogP contribution < -0.4 is 0 Å². The van der Waals surface area contributed by atoms with Crippen LogP contribution in [0.15, 0.2) is 0 Å². The average molecular weight is 823 g/mol. The van der Waals surface area contributed by atoms with Crippen molar-refractivity contribution >= 4 is 5.97 Å². The van der Waals surface area contributed by atoms with E-state index in [4.69, 9.17) is 0 Å². The zero-order valence-corrected chi connectivity index (χ0v) is 41.2. The average Bonchev–Trinajstić information content (AvgIpc) is 3.23. The lowest BCUT2D eigenvalue weighted by atomic mass is 9.78. The number of unbranched alkanes of at least 4 members (excludes halogenated alkanes) is 35. The molecule has 0 aromatic heterocycles. The Labute approximate surface area is 371 Å². The Hall–Kier alpha value is -1.31. The van der Waals surface area contributed by atoms with E-state index in [0.717, 1.165) is 44.1 Å². The number of hydrogen-bond donors (Lipinski definition) is 1. The van der Waals surface area contributed by atoms with E-state index >= 15 is 0 Å². The minimum absolute atomic E-state index is 0.623. The maximum Gasteiger partial charge on any atom is 0.336 e. The number of carbonyl (C=O) groups is 1.